The number of carbonyl (C=O) groups excluding carboxylic acids is 2. The van der Waals surface area contributed by atoms with Gasteiger partial charge in [-0.1, -0.05) is 48.5 Å². The van der Waals surface area contributed by atoms with Crippen LogP contribution in [0, 0.1) is 11.3 Å². The summed E-state index contributed by atoms with van der Waals surface area (Å²) in [5, 5.41) is 11.5. The van der Waals surface area contributed by atoms with Crippen LogP contribution >= 0.6 is 0 Å². The summed E-state index contributed by atoms with van der Waals surface area (Å²) < 4.78 is 31.4. The molecule has 0 atom stereocenters. The van der Waals surface area contributed by atoms with Gasteiger partial charge < -0.3 is 10.1 Å². The second-order valence-electron chi connectivity index (χ2n) is 6.58. The van der Waals surface area contributed by atoms with Crippen LogP contribution in [0.2, 0.25) is 0 Å². The molecule has 2 N–H and O–H groups in total. The maximum Gasteiger partial charge on any atom is 0.321 e. The second kappa shape index (κ2) is 10.3. The van der Waals surface area contributed by atoms with Crippen molar-refractivity contribution in [2.24, 2.45) is 0 Å². The standard InChI is InChI=1S/C23H19N3O5S/c24-14-17-10-12-19(13-11-17)32(29,30)25-15-23(28)31-16-22(27)26-21-9-5-4-8-20(21)18-6-2-1-3-7-18/h1-13,25H,15-16H2,(H,26,27). The van der Waals surface area contributed by atoms with Crippen molar-refractivity contribution in [3.05, 3.63) is 84.4 Å². The highest BCUT2D eigenvalue weighted by atomic mass is 32.2. The van der Waals surface area contributed by atoms with Gasteiger partial charge in [-0.2, -0.15) is 9.98 Å². The molecule has 0 radical (unpaired) electrons. The number of esters is 1. The first-order chi connectivity index (χ1) is 15.4. The van der Waals surface area contributed by atoms with Gasteiger partial charge in [-0.3, -0.25) is 9.59 Å². The third-order valence-corrected chi connectivity index (χ3v) is 5.77. The van der Waals surface area contributed by atoms with E-state index in [2.05, 4.69) is 10.0 Å². The van der Waals surface area contributed by atoms with Gasteiger partial charge >= 0.3 is 5.97 Å². The summed E-state index contributed by atoms with van der Waals surface area (Å²) >= 11 is 0. The van der Waals surface area contributed by atoms with Crippen molar-refractivity contribution in [1.82, 2.24) is 4.72 Å². The summed E-state index contributed by atoms with van der Waals surface area (Å²) in [5.74, 6) is -1.47. The lowest BCUT2D eigenvalue weighted by molar-refractivity contribution is -0.146. The van der Waals surface area contributed by atoms with Crippen molar-refractivity contribution in [3.8, 4) is 17.2 Å². The van der Waals surface area contributed by atoms with E-state index in [1.807, 2.05) is 48.5 Å². The normalized spacial score (nSPS) is 10.7. The molecule has 0 unspecified atom stereocenters. The average molecular weight is 449 g/mol. The van der Waals surface area contributed by atoms with Crippen LogP contribution in [0.3, 0.4) is 0 Å². The van der Waals surface area contributed by atoms with E-state index in [-0.39, 0.29) is 4.90 Å². The Morgan fingerprint density at radius 2 is 1.56 bits per heavy atom. The lowest BCUT2D eigenvalue weighted by Crippen LogP contribution is -2.32. The minimum absolute atomic E-state index is 0.0976. The highest BCUT2D eigenvalue weighted by Gasteiger charge is 2.17. The fourth-order valence-electron chi connectivity index (χ4n) is 2.79. The molecule has 0 heterocycles. The second-order valence-corrected chi connectivity index (χ2v) is 8.35. The Labute approximate surface area is 185 Å². The Bertz CT molecular complexity index is 1250. The summed E-state index contributed by atoms with van der Waals surface area (Å²) in [7, 11) is -3.96. The van der Waals surface area contributed by atoms with E-state index in [0.29, 0.717) is 11.3 Å². The van der Waals surface area contributed by atoms with Gasteiger partial charge in [0.25, 0.3) is 5.91 Å². The predicted octanol–water partition coefficient (Wildman–Crippen LogP) is 2.69. The number of hydrogen-bond donors (Lipinski definition) is 2. The number of sulfonamides is 1. The first kappa shape index (κ1) is 22.7. The molecular formula is C23H19N3O5S. The molecule has 3 aromatic rings. The lowest BCUT2D eigenvalue weighted by atomic mass is 10.0. The number of amides is 1. The smallest absolute Gasteiger partial charge is 0.321 e. The van der Waals surface area contributed by atoms with Crippen LogP contribution in [0.15, 0.2) is 83.8 Å². The van der Waals surface area contributed by atoms with Crippen LogP contribution in [0.5, 0.6) is 0 Å². The molecule has 9 heteroatoms. The van der Waals surface area contributed by atoms with Gasteiger partial charge in [-0.25, -0.2) is 8.42 Å². The molecule has 0 bridgehead atoms. The van der Waals surface area contributed by atoms with E-state index >= 15 is 0 Å². The first-order valence-corrected chi connectivity index (χ1v) is 11.0. The summed E-state index contributed by atoms with van der Waals surface area (Å²) in [6.07, 6.45) is 0. The van der Waals surface area contributed by atoms with E-state index in [0.717, 1.165) is 11.1 Å². The Morgan fingerprint density at radius 3 is 2.25 bits per heavy atom. The number of carbonyl (C=O) groups is 2. The molecule has 3 rings (SSSR count). The van der Waals surface area contributed by atoms with Crippen LogP contribution in [-0.2, 0) is 24.3 Å². The number of rotatable bonds is 8. The number of nitrogens with one attached hydrogen (secondary N) is 2. The molecule has 0 saturated carbocycles. The maximum absolute atomic E-state index is 12.2. The highest BCUT2D eigenvalue weighted by molar-refractivity contribution is 7.89. The van der Waals surface area contributed by atoms with Gasteiger partial charge in [0.2, 0.25) is 10.0 Å². The van der Waals surface area contributed by atoms with Crippen molar-refractivity contribution >= 4 is 27.6 Å². The van der Waals surface area contributed by atoms with Crippen LogP contribution in [-0.4, -0.2) is 33.4 Å². The Kier molecular flexibility index (Phi) is 7.33. The molecule has 0 aromatic heterocycles. The summed E-state index contributed by atoms with van der Waals surface area (Å²) in [5.41, 5.74) is 2.59. The molecular weight excluding hydrogens is 430 g/mol. The molecule has 32 heavy (non-hydrogen) atoms. The zero-order valence-corrected chi connectivity index (χ0v) is 17.6. The number of nitriles is 1. The summed E-state index contributed by atoms with van der Waals surface area (Å²) in [6.45, 7) is -1.21. The number of benzene rings is 3. The topological polar surface area (TPSA) is 125 Å². The van der Waals surface area contributed by atoms with Gasteiger partial charge in [0.1, 0.15) is 6.54 Å². The molecule has 162 valence electrons. The number of nitrogens with zero attached hydrogens (tertiary/aromatic N) is 1. The van der Waals surface area contributed by atoms with E-state index in [1.165, 1.54) is 24.3 Å². The maximum atomic E-state index is 12.2. The van der Waals surface area contributed by atoms with Gasteiger partial charge in [-0.15, -0.1) is 0 Å². The van der Waals surface area contributed by atoms with Gasteiger partial charge in [0, 0.05) is 11.3 Å². The van der Waals surface area contributed by atoms with Gasteiger partial charge in [-0.05, 0) is 35.9 Å². The van der Waals surface area contributed by atoms with Crippen LogP contribution in [0.25, 0.3) is 11.1 Å². The lowest BCUT2D eigenvalue weighted by Gasteiger charge is -2.12. The molecule has 0 spiro atoms. The Morgan fingerprint density at radius 1 is 0.906 bits per heavy atom. The molecule has 0 saturated heterocycles. The molecule has 3 aromatic carbocycles. The first-order valence-electron chi connectivity index (χ1n) is 9.49. The van der Waals surface area contributed by atoms with Crippen molar-refractivity contribution in [2.75, 3.05) is 18.5 Å². The summed E-state index contributed by atoms with van der Waals surface area (Å²) in [4.78, 5) is 24.0. The van der Waals surface area contributed by atoms with Gasteiger partial charge in [0.15, 0.2) is 6.61 Å². The number of anilines is 1. The zero-order chi connectivity index (χ0) is 23.0. The van der Waals surface area contributed by atoms with E-state index in [9.17, 15) is 18.0 Å². The Hall–Kier alpha value is -4.00. The molecule has 0 aliphatic heterocycles. The molecule has 8 nitrogen and oxygen atoms in total. The van der Waals surface area contributed by atoms with E-state index in [1.54, 1.807) is 12.1 Å². The van der Waals surface area contributed by atoms with Crippen molar-refractivity contribution < 1.29 is 22.7 Å². The van der Waals surface area contributed by atoms with Crippen LogP contribution < -0.4 is 10.0 Å². The fourth-order valence-corrected chi connectivity index (χ4v) is 3.76. The number of ether oxygens (including phenoxy) is 1. The minimum Gasteiger partial charge on any atom is -0.455 e. The third kappa shape index (κ3) is 6.01. The van der Waals surface area contributed by atoms with E-state index < -0.39 is 35.1 Å². The third-order valence-electron chi connectivity index (χ3n) is 4.35. The van der Waals surface area contributed by atoms with Crippen LogP contribution in [0.1, 0.15) is 5.56 Å². The highest BCUT2D eigenvalue weighted by Crippen LogP contribution is 2.27. The molecule has 0 aliphatic carbocycles. The quantitative estimate of drug-likeness (QED) is 0.510. The van der Waals surface area contributed by atoms with Crippen LogP contribution in [0.4, 0.5) is 5.69 Å². The van der Waals surface area contributed by atoms with Gasteiger partial charge in [0.05, 0.1) is 16.5 Å². The van der Waals surface area contributed by atoms with Crippen molar-refractivity contribution in [2.45, 2.75) is 4.90 Å². The largest absolute Gasteiger partial charge is 0.455 e. The molecule has 0 aliphatic rings. The number of hydrogen-bond acceptors (Lipinski definition) is 6. The summed E-state index contributed by atoms with van der Waals surface area (Å²) in [6, 6.07) is 23.8. The average Bonchev–Trinajstić information content (AvgIpc) is 2.82. The monoisotopic (exact) mass is 449 g/mol. The fraction of sp³-hybridized carbons (Fsp3) is 0.0870. The predicted molar refractivity (Wildman–Crippen MR) is 118 cm³/mol. The zero-order valence-electron chi connectivity index (χ0n) is 16.8. The molecule has 0 fully saturated rings. The van der Waals surface area contributed by atoms with Crippen molar-refractivity contribution in [3.63, 3.8) is 0 Å². The SMILES string of the molecule is N#Cc1ccc(S(=O)(=O)NCC(=O)OCC(=O)Nc2ccccc2-c2ccccc2)cc1. The van der Waals surface area contributed by atoms with Crippen molar-refractivity contribution in [1.29, 1.82) is 5.26 Å². The number of para-hydroxylation sites is 1. The molecule has 1 amide bonds. The Balaban J connectivity index is 1.52. The minimum atomic E-state index is -3.96. The van der Waals surface area contributed by atoms with E-state index in [4.69, 9.17) is 10.00 Å².